The molecule has 1 saturated heterocycles. The van der Waals surface area contributed by atoms with Gasteiger partial charge in [0.1, 0.15) is 18.0 Å². The number of hydrogen-bond acceptors (Lipinski definition) is 7. The molecule has 0 atom stereocenters. The van der Waals surface area contributed by atoms with Crippen LogP contribution in [0.15, 0.2) is 52.6 Å². The zero-order chi connectivity index (χ0) is 22.9. The lowest BCUT2D eigenvalue weighted by atomic mass is 10.00. The van der Waals surface area contributed by atoms with Gasteiger partial charge in [-0.3, -0.25) is 4.90 Å². The highest BCUT2D eigenvalue weighted by molar-refractivity contribution is 6.58. The maximum Gasteiger partial charge on any atom is 0.335 e. The number of fused-ring (bicyclic) bond motifs is 2. The number of aromatic amines is 1. The topological polar surface area (TPSA) is 114 Å². The third kappa shape index (κ3) is 5.28. The fourth-order valence-corrected chi connectivity index (χ4v) is 4.24. The number of benzene rings is 2. The van der Waals surface area contributed by atoms with Crippen molar-refractivity contribution in [2.24, 2.45) is 10.1 Å². The van der Waals surface area contributed by atoms with Crippen LogP contribution >= 0.6 is 24.8 Å². The van der Waals surface area contributed by atoms with Gasteiger partial charge in [-0.1, -0.05) is 23.4 Å². The van der Waals surface area contributed by atoms with Crippen molar-refractivity contribution in [1.29, 1.82) is 0 Å². The molecule has 2 aliphatic heterocycles. The molecule has 2 aliphatic rings. The molecule has 3 aromatic rings. The Morgan fingerprint density at radius 3 is 2.63 bits per heavy atom. The average molecular weight is 520 g/mol. The number of aliphatic imine (C=N–C) groups is 1. The van der Waals surface area contributed by atoms with E-state index >= 15 is 0 Å². The summed E-state index contributed by atoms with van der Waals surface area (Å²) in [5, 5.41) is 25.1. The van der Waals surface area contributed by atoms with Crippen LogP contribution < -0.4 is 0 Å². The molecular weight excluding hydrogens is 493 g/mol. The second-order valence-corrected chi connectivity index (χ2v) is 8.31. The predicted octanol–water partition coefficient (Wildman–Crippen LogP) is 3.52. The summed E-state index contributed by atoms with van der Waals surface area (Å²) in [4.78, 5) is 29.5. The number of carbonyl (C=O) groups is 1. The van der Waals surface area contributed by atoms with Crippen LogP contribution in [0.2, 0.25) is 0 Å². The number of nitrogens with one attached hydrogen (secondary N) is 1. The summed E-state index contributed by atoms with van der Waals surface area (Å²) in [6.45, 7) is 5.29. The van der Waals surface area contributed by atoms with Gasteiger partial charge in [0.2, 0.25) is 0 Å². The quantitative estimate of drug-likeness (QED) is 0.339. The molecule has 0 bridgehead atoms. The molecule has 0 aliphatic carbocycles. The Morgan fingerprint density at radius 2 is 1.89 bits per heavy atom. The van der Waals surface area contributed by atoms with Gasteiger partial charge in [-0.2, -0.15) is 0 Å². The lowest BCUT2D eigenvalue weighted by Crippen LogP contribution is -2.45. The highest BCUT2D eigenvalue weighted by atomic mass is 35.5. The number of aromatic nitrogens is 1. The Kier molecular flexibility index (Phi) is 8.39. The van der Waals surface area contributed by atoms with Crippen molar-refractivity contribution >= 4 is 58.8 Å². The highest BCUT2D eigenvalue weighted by Gasteiger charge is 2.29. The monoisotopic (exact) mass is 519 g/mol. The number of carboxylic acids is 1. The van der Waals surface area contributed by atoms with Crippen molar-refractivity contribution in [2.45, 2.75) is 0 Å². The molecule has 5 rings (SSSR count). The number of para-hydroxylation sites is 1. The molecule has 0 radical (unpaired) electrons. The van der Waals surface area contributed by atoms with Gasteiger partial charge in [0.05, 0.1) is 16.8 Å². The first-order valence-corrected chi connectivity index (χ1v) is 10.9. The Bertz CT molecular complexity index is 1280. The number of likely N-dealkylation sites (N-methyl/N-ethyl adjacent to an activating group) is 1. The molecule has 11 heteroatoms. The minimum absolute atomic E-state index is 0. The minimum atomic E-state index is -1.04. The van der Waals surface area contributed by atoms with E-state index in [-0.39, 0.29) is 36.3 Å². The first-order valence-electron chi connectivity index (χ1n) is 10.9. The number of carboxylic acid groups (broad SMARTS) is 1. The molecular formula is C24H27Cl2N5O4. The molecule has 3 N–H and O–H groups in total. The molecule has 1 fully saturated rings. The number of halogens is 2. The Hall–Kier alpha value is -3.11. The van der Waals surface area contributed by atoms with E-state index in [9.17, 15) is 15.0 Å². The van der Waals surface area contributed by atoms with Crippen LogP contribution in [0.1, 0.15) is 21.5 Å². The van der Waals surface area contributed by atoms with E-state index < -0.39 is 5.97 Å². The SMILES string of the molecule is CN1CCN(CCON=C2C(c3c(O)[nH]c4ccc(C(=O)O)cc34)=Nc3ccccc32)CC1.Cl.Cl. The van der Waals surface area contributed by atoms with Crippen LogP contribution in [0, 0.1) is 0 Å². The zero-order valence-corrected chi connectivity index (χ0v) is 20.7. The summed E-state index contributed by atoms with van der Waals surface area (Å²) in [6, 6.07) is 12.2. The second kappa shape index (κ2) is 11.1. The summed E-state index contributed by atoms with van der Waals surface area (Å²) in [6.07, 6.45) is 0. The predicted molar refractivity (Wildman–Crippen MR) is 140 cm³/mol. The molecule has 0 amide bonds. The third-order valence-electron chi connectivity index (χ3n) is 6.13. The smallest absolute Gasteiger partial charge is 0.335 e. The van der Waals surface area contributed by atoms with Crippen molar-refractivity contribution in [1.82, 2.24) is 14.8 Å². The fourth-order valence-electron chi connectivity index (χ4n) is 4.24. The standard InChI is InChI=1S/C24H25N5O4.2ClH/c1-28-8-10-29(11-9-28)12-13-33-27-21-16-4-2-3-5-18(16)25-22(21)20-17-14-15(24(31)32)6-7-19(17)26-23(20)30;;/h2-7,14,26,30H,8-13H2,1H3,(H,31,32);2*1H. The number of oxime groups is 1. The normalized spacial score (nSPS) is 16.9. The van der Waals surface area contributed by atoms with Crippen LogP contribution in [0.3, 0.4) is 0 Å². The van der Waals surface area contributed by atoms with Crippen LogP contribution in [-0.4, -0.2) is 88.8 Å². The summed E-state index contributed by atoms with van der Waals surface area (Å²) < 4.78 is 0. The van der Waals surface area contributed by atoms with E-state index in [2.05, 4.69) is 27.0 Å². The first kappa shape index (κ1) is 26.5. The Balaban J connectivity index is 0.00000171. The summed E-state index contributed by atoms with van der Waals surface area (Å²) >= 11 is 0. The van der Waals surface area contributed by atoms with Gasteiger partial charge in [-0.25, -0.2) is 9.79 Å². The largest absolute Gasteiger partial charge is 0.494 e. The second-order valence-electron chi connectivity index (χ2n) is 8.31. The fraction of sp³-hybridized carbons (Fsp3) is 0.292. The van der Waals surface area contributed by atoms with E-state index in [1.807, 2.05) is 24.3 Å². The van der Waals surface area contributed by atoms with Gasteiger partial charge in [0.25, 0.3) is 0 Å². The number of hydrogen-bond donors (Lipinski definition) is 3. The molecule has 186 valence electrons. The van der Waals surface area contributed by atoms with Gasteiger partial charge in [-0.05, 0) is 31.3 Å². The minimum Gasteiger partial charge on any atom is -0.494 e. The number of piperazine rings is 1. The average Bonchev–Trinajstić information content (AvgIpc) is 3.33. The van der Waals surface area contributed by atoms with Crippen molar-refractivity contribution in [3.8, 4) is 5.88 Å². The van der Waals surface area contributed by atoms with Crippen molar-refractivity contribution < 1.29 is 19.8 Å². The maximum absolute atomic E-state index is 11.5. The summed E-state index contributed by atoms with van der Waals surface area (Å²) in [5.74, 6) is -1.13. The molecule has 35 heavy (non-hydrogen) atoms. The number of nitrogens with zero attached hydrogens (tertiary/aromatic N) is 4. The van der Waals surface area contributed by atoms with Crippen LogP contribution in [0.4, 0.5) is 5.69 Å². The number of aromatic hydroxyl groups is 1. The van der Waals surface area contributed by atoms with E-state index in [1.165, 1.54) is 12.1 Å². The molecule has 0 unspecified atom stereocenters. The van der Waals surface area contributed by atoms with Gasteiger partial charge in [-0.15, -0.1) is 24.8 Å². The van der Waals surface area contributed by atoms with Crippen LogP contribution in [0.5, 0.6) is 5.88 Å². The van der Waals surface area contributed by atoms with Gasteiger partial charge in [0.15, 0.2) is 5.88 Å². The highest BCUT2D eigenvalue weighted by Crippen LogP contribution is 2.36. The maximum atomic E-state index is 11.5. The van der Waals surface area contributed by atoms with Crippen LogP contribution in [-0.2, 0) is 4.84 Å². The Morgan fingerprint density at radius 1 is 1.14 bits per heavy atom. The zero-order valence-electron chi connectivity index (χ0n) is 19.1. The lowest BCUT2D eigenvalue weighted by molar-refractivity contribution is 0.0697. The lowest BCUT2D eigenvalue weighted by Gasteiger charge is -2.31. The molecule has 3 heterocycles. The first-order chi connectivity index (χ1) is 16.0. The number of aromatic carboxylic acids is 1. The van der Waals surface area contributed by atoms with Crippen molar-refractivity contribution in [3.63, 3.8) is 0 Å². The Labute approximate surface area is 214 Å². The number of rotatable bonds is 6. The molecule has 9 nitrogen and oxygen atoms in total. The van der Waals surface area contributed by atoms with Crippen LogP contribution in [0.25, 0.3) is 10.9 Å². The van der Waals surface area contributed by atoms with E-state index in [1.54, 1.807) is 6.07 Å². The molecule has 0 saturated carbocycles. The molecule has 1 aromatic heterocycles. The molecule has 0 spiro atoms. The van der Waals surface area contributed by atoms with E-state index in [4.69, 9.17) is 9.83 Å². The molecule has 2 aromatic carbocycles. The van der Waals surface area contributed by atoms with Gasteiger partial charge < -0.3 is 24.9 Å². The van der Waals surface area contributed by atoms with E-state index in [0.717, 1.165) is 44.0 Å². The van der Waals surface area contributed by atoms with Crippen molar-refractivity contribution in [3.05, 3.63) is 59.2 Å². The summed E-state index contributed by atoms with van der Waals surface area (Å²) in [7, 11) is 2.12. The van der Waals surface area contributed by atoms with Gasteiger partial charge in [0, 0.05) is 49.2 Å². The van der Waals surface area contributed by atoms with Gasteiger partial charge >= 0.3 is 5.97 Å². The number of H-pyrrole nitrogens is 1. The summed E-state index contributed by atoms with van der Waals surface area (Å²) in [5.41, 5.74) is 3.63. The third-order valence-corrected chi connectivity index (χ3v) is 6.13. The van der Waals surface area contributed by atoms with E-state index in [0.29, 0.717) is 34.5 Å². The van der Waals surface area contributed by atoms with Crippen molar-refractivity contribution in [2.75, 3.05) is 46.4 Å².